The Labute approximate surface area is 313 Å². The SMILES string of the molecule is CCCCCCCCCCCCCCCCCCCn1cc(CCCc2ccccc2)nc1CCCCCCCCCCCCCCCCC. The van der Waals surface area contributed by atoms with Crippen molar-refractivity contribution in [1.82, 2.24) is 9.55 Å². The molecule has 0 N–H and O–H groups in total. The van der Waals surface area contributed by atoms with Crippen LogP contribution in [0.2, 0.25) is 0 Å². The summed E-state index contributed by atoms with van der Waals surface area (Å²) >= 11 is 0. The van der Waals surface area contributed by atoms with Crippen LogP contribution in [0.1, 0.15) is 243 Å². The van der Waals surface area contributed by atoms with Crippen molar-refractivity contribution in [3.63, 3.8) is 0 Å². The number of unbranched alkanes of at least 4 members (excludes halogenated alkanes) is 30. The van der Waals surface area contributed by atoms with E-state index in [4.69, 9.17) is 4.98 Å². The van der Waals surface area contributed by atoms with Gasteiger partial charge < -0.3 is 4.57 Å². The lowest BCUT2D eigenvalue weighted by atomic mass is 10.0. The van der Waals surface area contributed by atoms with Crippen molar-refractivity contribution in [2.45, 2.75) is 252 Å². The lowest BCUT2D eigenvalue weighted by Crippen LogP contribution is -2.03. The third-order valence-corrected chi connectivity index (χ3v) is 11.2. The van der Waals surface area contributed by atoms with Crippen molar-refractivity contribution in [2.24, 2.45) is 0 Å². The second kappa shape index (κ2) is 34.5. The van der Waals surface area contributed by atoms with Crippen LogP contribution in [0, 0.1) is 0 Å². The highest BCUT2D eigenvalue weighted by atomic mass is 15.1. The van der Waals surface area contributed by atoms with Gasteiger partial charge in [0.25, 0.3) is 0 Å². The number of nitrogens with zero attached hydrogens (tertiary/aromatic N) is 2. The second-order valence-corrected chi connectivity index (χ2v) is 16.0. The first-order chi connectivity index (χ1) is 24.8. The zero-order chi connectivity index (χ0) is 35.4. The van der Waals surface area contributed by atoms with E-state index in [0.717, 1.165) is 19.3 Å². The third kappa shape index (κ3) is 26.2. The molecule has 2 nitrogen and oxygen atoms in total. The molecule has 1 aromatic heterocycles. The van der Waals surface area contributed by atoms with Crippen LogP contribution in [0.25, 0.3) is 0 Å². The van der Waals surface area contributed by atoms with Gasteiger partial charge in [-0.3, -0.25) is 0 Å². The van der Waals surface area contributed by atoms with Crippen LogP contribution in [0.3, 0.4) is 0 Å². The molecular formula is C48H86N2. The van der Waals surface area contributed by atoms with Crippen molar-refractivity contribution < 1.29 is 0 Å². The molecule has 0 aliphatic rings. The van der Waals surface area contributed by atoms with E-state index in [2.05, 4.69) is 54.9 Å². The van der Waals surface area contributed by atoms with E-state index < -0.39 is 0 Å². The average molecular weight is 691 g/mol. The minimum absolute atomic E-state index is 1.10. The Hall–Kier alpha value is -1.57. The van der Waals surface area contributed by atoms with Crippen LogP contribution in [-0.4, -0.2) is 9.55 Å². The van der Waals surface area contributed by atoms with Crippen LogP contribution in [-0.2, 0) is 25.8 Å². The van der Waals surface area contributed by atoms with Crippen molar-refractivity contribution in [1.29, 1.82) is 0 Å². The van der Waals surface area contributed by atoms with Gasteiger partial charge in [-0.05, 0) is 37.7 Å². The highest BCUT2D eigenvalue weighted by Crippen LogP contribution is 2.18. The van der Waals surface area contributed by atoms with E-state index in [9.17, 15) is 0 Å². The van der Waals surface area contributed by atoms with Gasteiger partial charge in [0.05, 0.1) is 5.69 Å². The summed E-state index contributed by atoms with van der Waals surface area (Å²) in [6, 6.07) is 11.0. The summed E-state index contributed by atoms with van der Waals surface area (Å²) in [4.78, 5) is 5.20. The summed E-state index contributed by atoms with van der Waals surface area (Å²) in [6.07, 6.45) is 52.8. The summed E-state index contributed by atoms with van der Waals surface area (Å²) in [5, 5.41) is 0. The molecule has 288 valence electrons. The predicted octanol–water partition coefficient (Wildman–Crippen LogP) is 16.1. The highest BCUT2D eigenvalue weighted by molar-refractivity contribution is 5.15. The van der Waals surface area contributed by atoms with Gasteiger partial charge in [-0.25, -0.2) is 4.98 Å². The fraction of sp³-hybridized carbons (Fsp3) is 0.812. The zero-order valence-electron chi connectivity index (χ0n) is 34.0. The maximum atomic E-state index is 5.20. The van der Waals surface area contributed by atoms with Crippen molar-refractivity contribution in [2.75, 3.05) is 0 Å². The Morgan fingerprint density at radius 1 is 0.380 bits per heavy atom. The lowest BCUT2D eigenvalue weighted by Gasteiger charge is -2.08. The number of aromatic nitrogens is 2. The first kappa shape index (κ1) is 44.6. The summed E-state index contributed by atoms with van der Waals surface area (Å²) in [7, 11) is 0. The van der Waals surface area contributed by atoms with E-state index in [1.807, 2.05) is 0 Å². The van der Waals surface area contributed by atoms with E-state index in [-0.39, 0.29) is 0 Å². The average Bonchev–Trinajstić information content (AvgIpc) is 3.52. The highest BCUT2D eigenvalue weighted by Gasteiger charge is 2.09. The smallest absolute Gasteiger partial charge is 0.108 e. The number of rotatable bonds is 38. The molecule has 2 heteroatoms. The number of hydrogen-bond donors (Lipinski definition) is 0. The Bertz CT molecular complexity index is 946. The molecule has 1 aromatic carbocycles. The van der Waals surface area contributed by atoms with Crippen molar-refractivity contribution >= 4 is 0 Å². The van der Waals surface area contributed by atoms with Gasteiger partial charge in [-0.1, -0.05) is 237 Å². The Balaban J connectivity index is 1.54. The van der Waals surface area contributed by atoms with Gasteiger partial charge in [-0.2, -0.15) is 0 Å². The molecule has 0 bridgehead atoms. The van der Waals surface area contributed by atoms with E-state index in [1.54, 1.807) is 0 Å². The number of benzene rings is 1. The molecular weight excluding hydrogens is 605 g/mol. The lowest BCUT2D eigenvalue weighted by molar-refractivity contribution is 0.512. The van der Waals surface area contributed by atoms with Crippen LogP contribution in [0.4, 0.5) is 0 Å². The molecule has 0 fully saturated rings. The monoisotopic (exact) mass is 691 g/mol. The summed E-state index contributed by atoms with van der Waals surface area (Å²) < 4.78 is 2.55. The molecule has 1 heterocycles. The normalized spacial score (nSPS) is 11.6. The van der Waals surface area contributed by atoms with Gasteiger partial charge in [0, 0.05) is 19.2 Å². The van der Waals surface area contributed by atoms with Crippen LogP contribution in [0.5, 0.6) is 0 Å². The van der Waals surface area contributed by atoms with E-state index >= 15 is 0 Å². The maximum absolute atomic E-state index is 5.20. The summed E-state index contributed by atoms with van der Waals surface area (Å²) in [5.74, 6) is 1.37. The molecule has 0 aliphatic heterocycles. The minimum Gasteiger partial charge on any atom is -0.335 e. The molecule has 0 saturated heterocycles. The maximum Gasteiger partial charge on any atom is 0.108 e. The fourth-order valence-corrected chi connectivity index (χ4v) is 7.81. The van der Waals surface area contributed by atoms with Crippen LogP contribution < -0.4 is 0 Å². The van der Waals surface area contributed by atoms with Crippen molar-refractivity contribution in [3.8, 4) is 0 Å². The number of hydrogen-bond acceptors (Lipinski definition) is 1. The second-order valence-electron chi connectivity index (χ2n) is 16.0. The first-order valence-corrected chi connectivity index (χ1v) is 22.9. The van der Waals surface area contributed by atoms with Crippen LogP contribution >= 0.6 is 0 Å². The van der Waals surface area contributed by atoms with Crippen LogP contribution in [0.15, 0.2) is 36.5 Å². The van der Waals surface area contributed by atoms with Gasteiger partial charge in [0.1, 0.15) is 5.82 Å². The molecule has 2 rings (SSSR count). The van der Waals surface area contributed by atoms with E-state index in [0.29, 0.717) is 0 Å². The molecule has 0 saturated carbocycles. The molecule has 50 heavy (non-hydrogen) atoms. The van der Waals surface area contributed by atoms with Crippen molar-refractivity contribution in [3.05, 3.63) is 53.6 Å². The molecule has 0 spiro atoms. The number of aryl methyl sites for hydroxylation is 4. The Kier molecular flexibility index (Phi) is 30.8. The summed E-state index contributed by atoms with van der Waals surface area (Å²) in [6.45, 7) is 5.78. The third-order valence-electron chi connectivity index (χ3n) is 11.2. The fourth-order valence-electron chi connectivity index (χ4n) is 7.81. The predicted molar refractivity (Wildman–Crippen MR) is 223 cm³/mol. The molecule has 2 aromatic rings. The molecule has 0 atom stereocenters. The topological polar surface area (TPSA) is 17.8 Å². The minimum atomic E-state index is 1.10. The standard InChI is InChI=1S/C48H86N2/c1-3-5-7-9-11-13-15-17-19-20-22-24-26-28-30-32-37-44-50-45-47(42-38-41-46-39-34-33-35-40-46)49-48(50)43-36-31-29-27-25-23-21-18-16-14-12-10-8-6-4-2/h33-35,39-40,45H,3-32,36-38,41-44H2,1-2H3. The van der Waals surface area contributed by atoms with Gasteiger partial charge in [-0.15, -0.1) is 0 Å². The molecule has 0 unspecified atom stereocenters. The molecule has 0 amide bonds. The molecule has 0 aliphatic carbocycles. The van der Waals surface area contributed by atoms with Gasteiger partial charge >= 0.3 is 0 Å². The summed E-state index contributed by atoms with van der Waals surface area (Å²) in [5.41, 5.74) is 2.78. The largest absolute Gasteiger partial charge is 0.335 e. The number of imidazole rings is 1. The molecule has 0 radical (unpaired) electrons. The Morgan fingerprint density at radius 3 is 1.18 bits per heavy atom. The zero-order valence-corrected chi connectivity index (χ0v) is 34.0. The van der Waals surface area contributed by atoms with Gasteiger partial charge in [0.15, 0.2) is 0 Å². The van der Waals surface area contributed by atoms with E-state index in [1.165, 1.54) is 236 Å². The Morgan fingerprint density at radius 2 is 0.760 bits per heavy atom. The van der Waals surface area contributed by atoms with Gasteiger partial charge in [0.2, 0.25) is 0 Å². The first-order valence-electron chi connectivity index (χ1n) is 22.9. The quantitative estimate of drug-likeness (QED) is 0.0641.